The summed E-state index contributed by atoms with van der Waals surface area (Å²) in [6, 6.07) is 14.8. The molecule has 1 aliphatic rings. The zero-order valence-corrected chi connectivity index (χ0v) is 15.5. The molecule has 2 aromatic rings. The number of nitrogens with zero attached hydrogens (tertiary/aromatic N) is 1. The third-order valence-corrected chi connectivity index (χ3v) is 4.42. The summed E-state index contributed by atoms with van der Waals surface area (Å²) in [4.78, 5) is 38.8. The highest BCUT2D eigenvalue weighted by Crippen LogP contribution is 2.23. The van der Waals surface area contributed by atoms with E-state index in [0.717, 1.165) is 0 Å². The van der Waals surface area contributed by atoms with Crippen LogP contribution in [0.4, 0.5) is 0 Å². The van der Waals surface area contributed by atoms with Crippen molar-refractivity contribution >= 4 is 17.8 Å². The van der Waals surface area contributed by atoms with Crippen molar-refractivity contribution in [1.29, 1.82) is 0 Å². The molecule has 0 aliphatic carbocycles. The van der Waals surface area contributed by atoms with Gasteiger partial charge in [0.15, 0.2) is 0 Å². The first-order valence-electron chi connectivity index (χ1n) is 8.91. The molecule has 0 saturated carbocycles. The van der Waals surface area contributed by atoms with Crippen LogP contribution in [0, 0.1) is 0 Å². The average molecular weight is 383 g/mol. The highest BCUT2D eigenvalue weighted by atomic mass is 16.5. The Morgan fingerprint density at radius 2 is 1.46 bits per heavy atom. The number of carbonyl (C=O) groups is 3. The maximum Gasteiger partial charge on any atom is 0.339 e. The largest absolute Gasteiger partial charge is 0.465 e. The normalized spacial score (nSPS) is 14.8. The molecule has 146 valence electrons. The van der Waals surface area contributed by atoms with E-state index in [1.165, 1.54) is 31.4 Å². The topological polar surface area (TPSA) is 82.1 Å². The lowest BCUT2D eigenvalue weighted by atomic mass is 10.1. The van der Waals surface area contributed by atoms with Crippen LogP contribution < -0.4 is 0 Å². The van der Waals surface area contributed by atoms with Crippen LogP contribution in [0.2, 0.25) is 0 Å². The van der Waals surface area contributed by atoms with Crippen LogP contribution in [0.1, 0.15) is 32.4 Å². The molecule has 1 heterocycles. The number of benzene rings is 2. The molecule has 7 heteroatoms. The van der Waals surface area contributed by atoms with E-state index in [9.17, 15) is 14.4 Å². The zero-order valence-electron chi connectivity index (χ0n) is 15.5. The number of ether oxygens (including phenoxy) is 3. The van der Waals surface area contributed by atoms with Crippen LogP contribution >= 0.6 is 0 Å². The van der Waals surface area contributed by atoms with Crippen molar-refractivity contribution in [1.82, 2.24) is 4.90 Å². The minimum Gasteiger partial charge on any atom is -0.465 e. The Morgan fingerprint density at radius 1 is 0.893 bits per heavy atom. The SMILES string of the molecule is COC(=O)c1ccc(C(=O)O[C@@H](C(=O)N2CCOCC2)c2ccccc2)cc1. The number of hydrogen-bond acceptors (Lipinski definition) is 6. The van der Waals surface area contributed by atoms with Crippen molar-refractivity contribution in [3.63, 3.8) is 0 Å². The molecule has 0 radical (unpaired) electrons. The maximum absolute atomic E-state index is 13.0. The van der Waals surface area contributed by atoms with Gasteiger partial charge in [0.2, 0.25) is 6.10 Å². The van der Waals surface area contributed by atoms with Crippen LogP contribution in [-0.2, 0) is 19.0 Å². The van der Waals surface area contributed by atoms with Gasteiger partial charge in [0.05, 0.1) is 31.5 Å². The second kappa shape index (κ2) is 9.14. The number of carbonyl (C=O) groups excluding carboxylic acids is 3. The molecule has 0 bridgehead atoms. The Hall–Kier alpha value is -3.19. The molecule has 0 spiro atoms. The Bertz CT molecular complexity index is 828. The molecule has 28 heavy (non-hydrogen) atoms. The quantitative estimate of drug-likeness (QED) is 0.737. The molecule has 3 rings (SSSR count). The van der Waals surface area contributed by atoms with Crippen LogP contribution in [-0.4, -0.2) is 56.2 Å². The molecule has 0 aromatic heterocycles. The number of methoxy groups -OCH3 is 1. The molecule has 1 amide bonds. The summed E-state index contributed by atoms with van der Waals surface area (Å²) in [6.45, 7) is 1.81. The van der Waals surface area contributed by atoms with E-state index < -0.39 is 18.0 Å². The minimum absolute atomic E-state index is 0.239. The van der Waals surface area contributed by atoms with Gasteiger partial charge in [-0.25, -0.2) is 9.59 Å². The van der Waals surface area contributed by atoms with Gasteiger partial charge in [0.25, 0.3) is 5.91 Å². The summed E-state index contributed by atoms with van der Waals surface area (Å²) >= 11 is 0. The van der Waals surface area contributed by atoms with Crippen molar-refractivity contribution in [3.05, 3.63) is 71.3 Å². The predicted octanol–water partition coefficient (Wildman–Crippen LogP) is 2.23. The lowest BCUT2D eigenvalue weighted by Gasteiger charge is -2.30. The number of esters is 2. The molecule has 1 fully saturated rings. The molecular formula is C21H21NO6. The molecule has 1 saturated heterocycles. The van der Waals surface area contributed by atoms with Crippen molar-refractivity contribution in [2.45, 2.75) is 6.10 Å². The highest BCUT2D eigenvalue weighted by molar-refractivity contribution is 5.95. The summed E-state index contributed by atoms with van der Waals surface area (Å²) < 4.78 is 15.5. The van der Waals surface area contributed by atoms with Crippen molar-refractivity contribution in [3.8, 4) is 0 Å². The van der Waals surface area contributed by atoms with E-state index in [0.29, 0.717) is 37.4 Å². The van der Waals surface area contributed by atoms with Crippen LogP contribution in [0.3, 0.4) is 0 Å². The summed E-state index contributed by atoms with van der Waals surface area (Å²) in [6.07, 6.45) is -1.05. The Labute approximate surface area is 162 Å². The number of hydrogen-bond donors (Lipinski definition) is 0. The third kappa shape index (κ3) is 4.55. The smallest absolute Gasteiger partial charge is 0.339 e. The number of rotatable bonds is 5. The van der Waals surface area contributed by atoms with Gasteiger partial charge in [0.1, 0.15) is 0 Å². The fraction of sp³-hybridized carbons (Fsp3) is 0.286. The summed E-state index contributed by atoms with van der Waals surface area (Å²) in [7, 11) is 1.28. The molecule has 1 aliphatic heterocycles. The first-order chi connectivity index (χ1) is 13.6. The molecule has 0 N–H and O–H groups in total. The average Bonchev–Trinajstić information content (AvgIpc) is 2.77. The van der Waals surface area contributed by atoms with E-state index in [-0.39, 0.29) is 11.5 Å². The van der Waals surface area contributed by atoms with Crippen molar-refractivity contribution < 1.29 is 28.6 Å². The van der Waals surface area contributed by atoms with E-state index in [4.69, 9.17) is 9.47 Å². The lowest BCUT2D eigenvalue weighted by molar-refractivity contribution is -0.145. The number of morpholine rings is 1. The fourth-order valence-electron chi connectivity index (χ4n) is 2.87. The third-order valence-electron chi connectivity index (χ3n) is 4.42. The van der Waals surface area contributed by atoms with Gasteiger partial charge in [-0.05, 0) is 24.3 Å². The van der Waals surface area contributed by atoms with Gasteiger partial charge in [-0.3, -0.25) is 4.79 Å². The monoisotopic (exact) mass is 383 g/mol. The van der Waals surface area contributed by atoms with Crippen LogP contribution in [0.25, 0.3) is 0 Å². The first-order valence-corrected chi connectivity index (χ1v) is 8.91. The molecule has 2 aromatic carbocycles. The summed E-state index contributed by atoms with van der Waals surface area (Å²) in [5, 5.41) is 0. The Morgan fingerprint density at radius 3 is 2.04 bits per heavy atom. The van der Waals surface area contributed by atoms with Crippen molar-refractivity contribution in [2.24, 2.45) is 0 Å². The van der Waals surface area contributed by atoms with E-state index in [1.54, 1.807) is 29.2 Å². The Kier molecular flexibility index (Phi) is 6.39. The van der Waals surface area contributed by atoms with Crippen molar-refractivity contribution in [2.75, 3.05) is 33.4 Å². The number of amides is 1. The maximum atomic E-state index is 13.0. The highest BCUT2D eigenvalue weighted by Gasteiger charge is 2.30. The molecule has 0 unspecified atom stereocenters. The van der Waals surface area contributed by atoms with Crippen LogP contribution in [0.5, 0.6) is 0 Å². The zero-order chi connectivity index (χ0) is 19.9. The van der Waals surface area contributed by atoms with Crippen LogP contribution in [0.15, 0.2) is 54.6 Å². The minimum atomic E-state index is -1.05. The molecule has 1 atom stereocenters. The fourth-order valence-corrected chi connectivity index (χ4v) is 2.87. The second-order valence-corrected chi connectivity index (χ2v) is 6.20. The summed E-state index contributed by atoms with van der Waals surface area (Å²) in [5.74, 6) is -1.43. The second-order valence-electron chi connectivity index (χ2n) is 6.20. The van der Waals surface area contributed by atoms with Gasteiger partial charge < -0.3 is 19.1 Å². The van der Waals surface area contributed by atoms with Gasteiger partial charge in [-0.1, -0.05) is 30.3 Å². The van der Waals surface area contributed by atoms with E-state index in [2.05, 4.69) is 4.74 Å². The first kappa shape index (κ1) is 19.6. The summed E-state index contributed by atoms with van der Waals surface area (Å²) in [5.41, 5.74) is 1.16. The van der Waals surface area contributed by atoms with Gasteiger partial charge >= 0.3 is 11.9 Å². The Balaban J connectivity index is 1.79. The molecular weight excluding hydrogens is 362 g/mol. The van der Waals surface area contributed by atoms with Gasteiger partial charge in [0, 0.05) is 18.7 Å². The van der Waals surface area contributed by atoms with Gasteiger partial charge in [-0.2, -0.15) is 0 Å². The van der Waals surface area contributed by atoms with E-state index >= 15 is 0 Å². The van der Waals surface area contributed by atoms with Gasteiger partial charge in [-0.15, -0.1) is 0 Å². The standard InChI is InChI=1S/C21H21NO6/c1-26-20(24)16-7-9-17(10-8-16)21(25)28-18(15-5-3-2-4-6-15)19(23)22-11-13-27-14-12-22/h2-10,18H,11-14H2,1H3/t18-/m1/s1. The predicted molar refractivity (Wildman–Crippen MR) is 99.8 cm³/mol. The van der Waals surface area contributed by atoms with E-state index in [1.807, 2.05) is 6.07 Å². The molecule has 7 nitrogen and oxygen atoms in total. The lowest BCUT2D eigenvalue weighted by Crippen LogP contribution is -2.44.